The van der Waals surface area contributed by atoms with E-state index in [9.17, 15) is 4.79 Å². The summed E-state index contributed by atoms with van der Waals surface area (Å²) in [6, 6.07) is 4.42. The van der Waals surface area contributed by atoms with Crippen LogP contribution in [0.25, 0.3) is 0 Å². The van der Waals surface area contributed by atoms with Crippen LogP contribution in [0.15, 0.2) is 17.5 Å². The van der Waals surface area contributed by atoms with Crippen LogP contribution < -0.4 is 5.32 Å². The fourth-order valence-electron chi connectivity index (χ4n) is 1.42. The van der Waals surface area contributed by atoms with E-state index in [1.165, 1.54) is 4.88 Å². The highest BCUT2D eigenvalue weighted by molar-refractivity contribution is 7.10. The highest BCUT2D eigenvalue weighted by atomic mass is 32.1. The van der Waals surface area contributed by atoms with Gasteiger partial charge in [-0.05, 0) is 39.1 Å². The van der Waals surface area contributed by atoms with Crippen LogP contribution in [0.5, 0.6) is 0 Å². The van der Waals surface area contributed by atoms with Crippen molar-refractivity contribution < 1.29 is 9.53 Å². The Kier molecular flexibility index (Phi) is 5.15. The van der Waals surface area contributed by atoms with E-state index >= 15 is 0 Å². The van der Waals surface area contributed by atoms with Gasteiger partial charge in [0.2, 0.25) is 0 Å². The van der Waals surface area contributed by atoms with E-state index in [1.807, 2.05) is 26.8 Å². The molecule has 0 saturated carbocycles. The predicted octanol–water partition coefficient (Wildman–Crippen LogP) is 3.13. The molecule has 0 spiro atoms. The van der Waals surface area contributed by atoms with E-state index in [-0.39, 0.29) is 12.0 Å². The molecule has 0 aliphatic heterocycles. The molecule has 17 heavy (non-hydrogen) atoms. The fraction of sp³-hybridized carbons (Fsp3) is 0.615. The van der Waals surface area contributed by atoms with Gasteiger partial charge in [0, 0.05) is 17.5 Å². The van der Waals surface area contributed by atoms with Gasteiger partial charge in [-0.25, -0.2) is 0 Å². The van der Waals surface area contributed by atoms with Crippen molar-refractivity contribution in [3.05, 3.63) is 22.4 Å². The van der Waals surface area contributed by atoms with Crippen molar-refractivity contribution >= 4 is 17.3 Å². The second kappa shape index (κ2) is 6.17. The molecule has 0 saturated heterocycles. The van der Waals surface area contributed by atoms with Gasteiger partial charge in [-0.15, -0.1) is 11.3 Å². The number of rotatable bonds is 5. The maximum absolute atomic E-state index is 11.5. The monoisotopic (exact) mass is 255 g/mol. The first-order valence-electron chi connectivity index (χ1n) is 5.87. The maximum Gasteiger partial charge on any atom is 0.307 e. The first kappa shape index (κ1) is 14.2. The smallest absolute Gasteiger partial charge is 0.307 e. The molecule has 0 aliphatic carbocycles. The van der Waals surface area contributed by atoms with Crippen LogP contribution in [0.1, 0.15) is 45.0 Å². The summed E-state index contributed by atoms with van der Waals surface area (Å²) in [6.45, 7) is 8.39. The van der Waals surface area contributed by atoms with Gasteiger partial charge in [-0.3, -0.25) is 4.79 Å². The summed E-state index contributed by atoms with van der Waals surface area (Å²) in [4.78, 5) is 12.8. The highest BCUT2D eigenvalue weighted by Crippen LogP contribution is 2.17. The Morgan fingerprint density at radius 3 is 2.76 bits per heavy atom. The Balaban J connectivity index is 2.22. The highest BCUT2D eigenvalue weighted by Gasteiger charge is 2.16. The van der Waals surface area contributed by atoms with Crippen LogP contribution in [0.2, 0.25) is 0 Å². The molecule has 1 rings (SSSR count). The second-order valence-corrected chi connectivity index (χ2v) is 6.01. The van der Waals surface area contributed by atoms with E-state index in [0.29, 0.717) is 13.0 Å². The standard InChI is InChI=1S/C13H21NO2S/c1-10(11-6-5-9-17-11)14-8-7-12(15)16-13(2,3)4/h5-6,9-10,14H,7-8H2,1-4H3/t10-/m0/s1. The molecule has 0 aromatic carbocycles. The van der Waals surface area contributed by atoms with Crippen molar-refractivity contribution in [2.24, 2.45) is 0 Å². The minimum atomic E-state index is -0.392. The van der Waals surface area contributed by atoms with Gasteiger partial charge in [-0.1, -0.05) is 6.07 Å². The van der Waals surface area contributed by atoms with Crippen molar-refractivity contribution in [3.8, 4) is 0 Å². The Labute approximate surface area is 107 Å². The molecule has 96 valence electrons. The van der Waals surface area contributed by atoms with Crippen LogP contribution >= 0.6 is 11.3 Å². The van der Waals surface area contributed by atoms with Gasteiger partial charge in [0.1, 0.15) is 5.60 Å². The molecule has 0 fully saturated rings. The fourth-order valence-corrected chi connectivity index (χ4v) is 2.18. The molecule has 1 atom stereocenters. The number of ether oxygens (including phenoxy) is 1. The SMILES string of the molecule is C[C@H](NCCC(=O)OC(C)(C)C)c1cccs1. The minimum Gasteiger partial charge on any atom is -0.460 e. The van der Waals surface area contributed by atoms with Crippen molar-refractivity contribution in [1.82, 2.24) is 5.32 Å². The van der Waals surface area contributed by atoms with Gasteiger partial charge in [0.25, 0.3) is 0 Å². The molecule has 0 amide bonds. The first-order valence-corrected chi connectivity index (χ1v) is 6.75. The molecule has 4 heteroatoms. The van der Waals surface area contributed by atoms with Crippen molar-refractivity contribution in [2.75, 3.05) is 6.54 Å². The lowest BCUT2D eigenvalue weighted by Crippen LogP contribution is -2.27. The molecule has 0 aliphatic rings. The second-order valence-electron chi connectivity index (χ2n) is 5.03. The van der Waals surface area contributed by atoms with Crippen LogP contribution in [-0.2, 0) is 9.53 Å². The number of carbonyl (C=O) groups excluding carboxylic acids is 1. The third kappa shape index (κ3) is 5.84. The lowest BCUT2D eigenvalue weighted by Gasteiger charge is -2.20. The molecule has 3 nitrogen and oxygen atoms in total. The zero-order chi connectivity index (χ0) is 12.9. The molecule has 1 aromatic rings. The Morgan fingerprint density at radius 2 is 2.24 bits per heavy atom. The predicted molar refractivity (Wildman–Crippen MR) is 71.2 cm³/mol. The van der Waals surface area contributed by atoms with Gasteiger partial charge in [0.15, 0.2) is 0 Å². The van der Waals surface area contributed by atoms with E-state index in [2.05, 4.69) is 23.7 Å². The lowest BCUT2D eigenvalue weighted by atomic mass is 10.2. The summed E-state index contributed by atoms with van der Waals surface area (Å²) in [5.41, 5.74) is -0.392. The molecule has 1 N–H and O–H groups in total. The summed E-state index contributed by atoms with van der Waals surface area (Å²) in [5.74, 6) is -0.150. The van der Waals surface area contributed by atoms with Crippen molar-refractivity contribution in [1.29, 1.82) is 0 Å². The van der Waals surface area contributed by atoms with Crippen molar-refractivity contribution in [3.63, 3.8) is 0 Å². The van der Waals surface area contributed by atoms with Gasteiger partial charge in [0.05, 0.1) is 6.42 Å². The van der Waals surface area contributed by atoms with Crippen LogP contribution in [0, 0.1) is 0 Å². The van der Waals surface area contributed by atoms with Gasteiger partial charge >= 0.3 is 5.97 Å². The largest absolute Gasteiger partial charge is 0.460 e. The number of carbonyl (C=O) groups is 1. The van der Waals surface area contributed by atoms with E-state index in [4.69, 9.17) is 4.74 Å². The molecule has 0 radical (unpaired) electrons. The normalized spacial score (nSPS) is 13.4. The Morgan fingerprint density at radius 1 is 1.53 bits per heavy atom. The first-order chi connectivity index (χ1) is 7.88. The van der Waals surface area contributed by atoms with Crippen LogP contribution in [-0.4, -0.2) is 18.1 Å². The minimum absolute atomic E-state index is 0.150. The number of esters is 1. The third-order valence-corrected chi connectivity index (χ3v) is 3.22. The maximum atomic E-state index is 11.5. The zero-order valence-electron chi connectivity index (χ0n) is 10.9. The number of thiophene rings is 1. The Hall–Kier alpha value is -0.870. The summed E-state index contributed by atoms with van der Waals surface area (Å²) in [6.07, 6.45) is 0.410. The third-order valence-electron chi connectivity index (χ3n) is 2.17. The summed E-state index contributed by atoms with van der Waals surface area (Å²) < 4.78 is 5.23. The van der Waals surface area contributed by atoms with E-state index < -0.39 is 5.60 Å². The number of hydrogen-bond acceptors (Lipinski definition) is 4. The number of nitrogens with one attached hydrogen (secondary N) is 1. The topological polar surface area (TPSA) is 38.3 Å². The summed E-state index contributed by atoms with van der Waals surface area (Å²) >= 11 is 1.72. The zero-order valence-corrected chi connectivity index (χ0v) is 11.8. The van der Waals surface area contributed by atoms with Crippen LogP contribution in [0.4, 0.5) is 0 Å². The Bertz CT molecular complexity index is 341. The molecular weight excluding hydrogens is 234 g/mol. The average molecular weight is 255 g/mol. The van der Waals surface area contributed by atoms with Crippen LogP contribution in [0.3, 0.4) is 0 Å². The van der Waals surface area contributed by atoms with Gasteiger partial charge in [-0.2, -0.15) is 0 Å². The summed E-state index contributed by atoms with van der Waals surface area (Å²) in [5, 5.41) is 5.37. The summed E-state index contributed by atoms with van der Waals surface area (Å²) in [7, 11) is 0. The molecule has 1 aromatic heterocycles. The molecule has 0 bridgehead atoms. The number of hydrogen-bond donors (Lipinski definition) is 1. The van der Waals surface area contributed by atoms with Gasteiger partial charge < -0.3 is 10.1 Å². The molecule has 0 unspecified atom stereocenters. The lowest BCUT2D eigenvalue weighted by molar-refractivity contribution is -0.154. The van der Waals surface area contributed by atoms with E-state index in [0.717, 1.165) is 0 Å². The average Bonchev–Trinajstić information content (AvgIpc) is 2.66. The molecule has 1 heterocycles. The van der Waals surface area contributed by atoms with E-state index in [1.54, 1.807) is 11.3 Å². The quantitative estimate of drug-likeness (QED) is 0.821. The molecular formula is C13H21NO2S. The van der Waals surface area contributed by atoms with Crippen molar-refractivity contribution in [2.45, 2.75) is 45.8 Å².